The van der Waals surface area contributed by atoms with E-state index in [4.69, 9.17) is 11.6 Å². The Kier molecular flexibility index (Phi) is 7.54. The van der Waals surface area contributed by atoms with Crippen LogP contribution in [-0.2, 0) is 9.59 Å². The van der Waals surface area contributed by atoms with Gasteiger partial charge in [0.2, 0.25) is 11.8 Å². The fourth-order valence-corrected chi connectivity index (χ4v) is 2.11. The Balaban J connectivity index is 2.53. The van der Waals surface area contributed by atoms with Crippen LogP contribution in [-0.4, -0.2) is 48.3 Å². The molecular weight excluding hydrogens is 318 g/mol. The Labute approximate surface area is 141 Å². The van der Waals surface area contributed by atoms with E-state index in [1.807, 2.05) is 13.8 Å². The van der Waals surface area contributed by atoms with Gasteiger partial charge in [-0.2, -0.15) is 0 Å². The maximum absolute atomic E-state index is 12.1. The van der Waals surface area contributed by atoms with Crippen molar-refractivity contribution in [1.29, 1.82) is 0 Å². The average molecular weight is 340 g/mol. The topological polar surface area (TPSA) is 78.5 Å². The lowest BCUT2D eigenvalue weighted by Crippen LogP contribution is -2.46. The van der Waals surface area contributed by atoms with Crippen molar-refractivity contribution < 1.29 is 14.4 Å². The molecule has 0 heterocycles. The van der Waals surface area contributed by atoms with E-state index in [-0.39, 0.29) is 36.9 Å². The lowest BCUT2D eigenvalue weighted by atomic mass is 10.2. The summed E-state index contributed by atoms with van der Waals surface area (Å²) in [5.41, 5.74) is 0.380. The highest BCUT2D eigenvalue weighted by molar-refractivity contribution is 6.30. The number of benzene rings is 1. The second-order valence-corrected chi connectivity index (χ2v) is 5.76. The molecule has 0 unspecified atom stereocenters. The van der Waals surface area contributed by atoms with Crippen molar-refractivity contribution in [3.63, 3.8) is 0 Å². The zero-order valence-corrected chi connectivity index (χ0v) is 14.3. The number of nitrogens with one attached hydrogen (secondary N) is 2. The number of carbonyl (C=O) groups excluding carboxylic acids is 3. The van der Waals surface area contributed by atoms with Gasteiger partial charge in [-0.25, -0.2) is 0 Å². The molecule has 0 aromatic heterocycles. The number of nitrogens with zero attached hydrogens (tertiary/aromatic N) is 1. The Morgan fingerprint density at radius 1 is 1.26 bits per heavy atom. The number of rotatable bonds is 7. The molecule has 0 fully saturated rings. The predicted octanol–water partition coefficient (Wildman–Crippen LogP) is 1.44. The van der Waals surface area contributed by atoms with Gasteiger partial charge in [0.15, 0.2) is 0 Å². The van der Waals surface area contributed by atoms with Gasteiger partial charge in [0.1, 0.15) is 0 Å². The van der Waals surface area contributed by atoms with E-state index < -0.39 is 0 Å². The van der Waals surface area contributed by atoms with Crippen LogP contribution < -0.4 is 10.6 Å². The third kappa shape index (κ3) is 6.69. The minimum absolute atomic E-state index is 0.0128. The van der Waals surface area contributed by atoms with E-state index in [1.54, 1.807) is 25.1 Å². The van der Waals surface area contributed by atoms with E-state index >= 15 is 0 Å². The van der Waals surface area contributed by atoms with E-state index in [9.17, 15) is 14.4 Å². The van der Waals surface area contributed by atoms with Crippen LogP contribution in [0.1, 0.15) is 31.1 Å². The molecule has 1 rings (SSSR count). The molecule has 0 aliphatic carbocycles. The zero-order valence-electron chi connectivity index (χ0n) is 13.6. The van der Waals surface area contributed by atoms with Crippen LogP contribution in [0.5, 0.6) is 0 Å². The van der Waals surface area contributed by atoms with E-state index in [0.717, 1.165) is 0 Å². The molecule has 0 aliphatic heterocycles. The fraction of sp³-hybridized carbons (Fsp3) is 0.438. The molecule has 0 spiro atoms. The standard InChI is InChI=1S/C16H22ClN3O3/c1-4-20(10-14(21)19-11(2)3)15(22)9-18-16(23)12-6-5-7-13(17)8-12/h5-8,11H,4,9-10H2,1-3H3,(H,18,23)(H,19,21). The Hall–Kier alpha value is -2.08. The van der Waals surface area contributed by atoms with E-state index in [2.05, 4.69) is 10.6 Å². The lowest BCUT2D eigenvalue weighted by molar-refractivity contribution is -0.135. The molecule has 1 aromatic rings. The fourth-order valence-electron chi connectivity index (χ4n) is 1.92. The molecule has 0 atom stereocenters. The normalized spacial score (nSPS) is 10.3. The quantitative estimate of drug-likeness (QED) is 0.789. The summed E-state index contributed by atoms with van der Waals surface area (Å²) in [6.45, 7) is 5.66. The second-order valence-electron chi connectivity index (χ2n) is 5.32. The first-order valence-electron chi connectivity index (χ1n) is 7.44. The molecule has 0 saturated heterocycles. The molecule has 0 aliphatic rings. The number of likely N-dealkylation sites (N-methyl/N-ethyl adjacent to an activating group) is 1. The number of amides is 3. The summed E-state index contributed by atoms with van der Waals surface area (Å²) >= 11 is 5.82. The first kappa shape index (κ1) is 19.0. The largest absolute Gasteiger partial charge is 0.352 e. The van der Waals surface area contributed by atoms with Gasteiger partial charge in [-0.1, -0.05) is 17.7 Å². The van der Waals surface area contributed by atoms with Crippen LogP contribution in [0.3, 0.4) is 0 Å². The van der Waals surface area contributed by atoms with Crippen molar-refractivity contribution in [2.24, 2.45) is 0 Å². The molecule has 0 radical (unpaired) electrons. The van der Waals surface area contributed by atoms with Crippen molar-refractivity contribution in [2.45, 2.75) is 26.8 Å². The summed E-state index contributed by atoms with van der Waals surface area (Å²) in [6, 6.07) is 6.47. The molecule has 0 saturated carbocycles. The maximum atomic E-state index is 12.1. The maximum Gasteiger partial charge on any atom is 0.251 e. The number of hydrogen-bond acceptors (Lipinski definition) is 3. The molecular formula is C16H22ClN3O3. The van der Waals surface area contributed by atoms with Gasteiger partial charge in [0.25, 0.3) is 5.91 Å². The molecule has 6 nitrogen and oxygen atoms in total. The third-order valence-corrected chi connectivity index (χ3v) is 3.24. The van der Waals surface area contributed by atoms with Crippen LogP contribution in [0.15, 0.2) is 24.3 Å². The highest BCUT2D eigenvalue weighted by atomic mass is 35.5. The van der Waals surface area contributed by atoms with Crippen LogP contribution in [0.4, 0.5) is 0 Å². The minimum atomic E-state index is -0.386. The summed E-state index contributed by atoms with van der Waals surface area (Å²) in [7, 11) is 0. The third-order valence-electron chi connectivity index (χ3n) is 3.01. The SMILES string of the molecule is CCN(CC(=O)NC(C)C)C(=O)CNC(=O)c1cccc(Cl)c1. The number of halogens is 1. The molecule has 0 bridgehead atoms. The summed E-state index contributed by atoms with van der Waals surface area (Å²) in [6.07, 6.45) is 0. The van der Waals surface area contributed by atoms with Crippen LogP contribution in [0.2, 0.25) is 5.02 Å². The van der Waals surface area contributed by atoms with Gasteiger partial charge in [-0.05, 0) is 39.0 Å². The predicted molar refractivity (Wildman–Crippen MR) is 89.3 cm³/mol. The van der Waals surface area contributed by atoms with Crippen molar-refractivity contribution in [2.75, 3.05) is 19.6 Å². The lowest BCUT2D eigenvalue weighted by Gasteiger charge is -2.21. The summed E-state index contributed by atoms with van der Waals surface area (Å²) < 4.78 is 0. The highest BCUT2D eigenvalue weighted by Crippen LogP contribution is 2.10. The summed E-state index contributed by atoms with van der Waals surface area (Å²) in [4.78, 5) is 37.2. The summed E-state index contributed by atoms with van der Waals surface area (Å²) in [5, 5.41) is 5.71. The van der Waals surface area contributed by atoms with Crippen molar-refractivity contribution in [3.8, 4) is 0 Å². The van der Waals surface area contributed by atoms with Gasteiger partial charge in [-0.3, -0.25) is 14.4 Å². The second kappa shape index (κ2) is 9.15. The Morgan fingerprint density at radius 3 is 2.52 bits per heavy atom. The van der Waals surface area contributed by atoms with Crippen molar-refractivity contribution in [1.82, 2.24) is 15.5 Å². The Bertz CT molecular complexity index is 575. The van der Waals surface area contributed by atoms with Gasteiger partial charge < -0.3 is 15.5 Å². The first-order chi connectivity index (χ1) is 10.8. The van der Waals surface area contributed by atoms with Gasteiger partial charge in [0.05, 0.1) is 13.1 Å². The van der Waals surface area contributed by atoms with Crippen molar-refractivity contribution >= 4 is 29.3 Å². The smallest absolute Gasteiger partial charge is 0.251 e. The van der Waals surface area contributed by atoms with Crippen molar-refractivity contribution in [3.05, 3.63) is 34.9 Å². The Morgan fingerprint density at radius 2 is 1.96 bits per heavy atom. The van der Waals surface area contributed by atoms with Gasteiger partial charge in [0, 0.05) is 23.2 Å². The van der Waals surface area contributed by atoms with Crippen LogP contribution in [0, 0.1) is 0 Å². The molecule has 1 aromatic carbocycles. The van der Waals surface area contributed by atoms with E-state index in [1.165, 1.54) is 11.0 Å². The highest BCUT2D eigenvalue weighted by Gasteiger charge is 2.17. The first-order valence-corrected chi connectivity index (χ1v) is 7.82. The van der Waals surface area contributed by atoms with Crippen LogP contribution >= 0.6 is 11.6 Å². The molecule has 7 heteroatoms. The molecule has 3 amide bonds. The molecule has 2 N–H and O–H groups in total. The van der Waals surface area contributed by atoms with Crippen LogP contribution in [0.25, 0.3) is 0 Å². The van der Waals surface area contributed by atoms with E-state index in [0.29, 0.717) is 17.1 Å². The molecule has 126 valence electrons. The minimum Gasteiger partial charge on any atom is -0.352 e. The molecule has 23 heavy (non-hydrogen) atoms. The number of hydrogen-bond donors (Lipinski definition) is 2. The van der Waals surface area contributed by atoms with Gasteiger partial charge >= 0.3 is 0 Å². The average Bonchev–Trinajstić information content (AvgIpc) is 2.49. The van der Waals surface area contributed by atoms with Gasteiger partial charge in [-0.15, -0.1) is 0 Å². The number of carbonyl (C=O) groups is 3. The monoisotopic (exact) mass is 339 g/mol. The summed E-state index contributed by atoms with van der Waals surface area (Å²) in [5.74, 6) is -0.929. The zero-order chi connectivity index (χ0) is 17.4.